The summed E-state index contributed by atoms with van der Waals surface area (Å²) in [6.45, 7) is -0.240. The lowest BCUT2D eigenvalue weighted by atomic mass is 10.2. The van der Waals surface area contributed by atoms with E-state index in [9.17, 15) is 17.6 Å². The van der Waals surface area contributed by atoms with Gasteiger partial charge in [-0.05, 0) is 42.0 Å². The Kier molecular flexibility index (Phi) is 10.3. The zero-order chi connectivity index (χ0) is 27.0. The number of rotatable bonds is 12. The van der Waals surface area contributed by atoms with Gasteiger partial charge in [-0.1, -0.05) is 41.4 Å². The molecule has 37 heavy (non-hydrogen) atoms. The fourth-order valence-corrected chi connectivity index (χ4v) is 6.05. The number of hydrogen-bond donors (Lipinski definition) is 1. The van der Waals surface area contributed by atoms with Gasteiger partial charge in [0, 0.05) is 29.1 Å². The van der Waals surface area contributed by atoms with Gasteiger partial charge in [0.15, 0.2) is 11.5 Å². The molecular weight excluding hydrogens is 562 g/mol. The van der Waals surface area contributed by atoms with Crippen molar-refractivity contribution in [3.63, 3.8) is 0 Å². The quantitative estimate of drug-likeness (QED) is 0.286. The van der Waals surface area contributed by atoms with Gasteiger partial charge in [-0.15, -0.1) is 0 Å². The molecule has 12 heteroatoms. The van der Waals surface area contributed by atoms with Gasteiger partial charge in [-0.25, -0.2) is 12.8 Å². The summed E-state index contributed by atoms with van der Waals surface area (Å²) in [6, 6.07) is 15.0. The molecule has 0 radical (unpaired) electrons. The van der Waals surface area contributed by atoms with Crippen LogP contribution in [0.3, 0.4) is 0 Å². The van der Waals surface area contributed by atoms with Crippen molar-refractivity contribution in [1.82, 2.24) is 5.32 Å². The Bertz CT molecular complexity index is 1360. The lowest BCUT2D eigenvalue weighted by Gasteiger charge is -2.24. The fraction of sp³-hybridized carbons (Fsp3) is 0.240. The zero-order valence-corrected chi connectivity index (χ0v) is 23.2. The van der Waals surface area contributed by atoms with Gasteiger partial charge < -0.3 is 14.8 Å². The highest BCUT2D eigenvalue weighted by Crippen LogP contribution is 2.33. The highest BCUT2D eigenvalue weighted by Gasteiger charge is 2.29. The molecule has 0 fully saturated rings. The normalized spacial score (nSPS) is 11.2. The topological polar surface area (TPSA) is 84.9 Å². The predicted octanol–water partition coefficient (Wildman–Crippen LogP) is 5.39. The van der Waals surface area contributed by atoms with E-state index < -0.39 is 28.3 Å². The standard InChI is InChI=1S/C25H25Cl2FN2O5S2/c1-34-23-10-8-19(14-24(23)35-2)37(32,33)30(18-7-9-22(28)21(27)13-18)15-25(31)29-11-12-36-16-17-5-3-4-6-20(17)26/h3-10,13-14H,11-12,15-16H2,1-2H3,(H,29,31). The number of ether oxygens (including phenoxy) is 2. The monoisotopic (exact) mass is 586 g/mol. The Morgan fingerprint density at radius 1 is 1.00 bits per heavy atom. The molecule has 0 aliphatic heterocycles. The van der Waals surface area contributed by atoms with E-state index in [1.165, 1.54) is 38.5 Å². The molecular formula is C25H25Cl2FN2O5S2. The molecule has 0 saturated heterocycles. The van der Waals surface area contributed by atoms with E-state index in [0.717, 1.165) is 22.0 Å². The first kappa shape index (κ1) is 28.9. The van der Waals surface area contributed by atoms with E-state index in [4.69, 9.17) is 32.7 Å². The molecule has 0 aliphatic rings. The number of halogens is 3. The summed E-state index contributed by atoms with van der Waals surface area (Å²) in [7, 11) is -1.47. The smallest absolute Gasteiger partial charge is 0.264 e. The van der Waals surface area contributed by atoms with Crippen molar-refractivity contribution in [3.8, 4) is 11.5 Å². The second-order valence-corrected chi connectivity index (χ2v) is 11.4. The largest absolute Gasteiger partial charge is 0.493 e. The van der Waals surface area contributed by atoms with Crippen LogP contribution < -0.4 is 19.1 Å². The molecule has 3 aromatic carbocycles. The number of thioether (sulfide) groups is 1. The number of anilines is 1. The van der Waals surface area contributed by atoms with Crippen LogP contribution in [0.2, 0.25) is 10.0 Å². The van der Waals surface area contributed by atoms with Crippen molar-refractivity contribution in [3.05, 3.63) is 82.1 Å². The zero-order valence-electron chi connectivity index (χ0n) is 20.0. The average molecular weight is 588 g/mol. The maximum Gasteiger partial charge on any atom is 0.264 e. The van der Waals surface area contributed by atoms with Crippen LogP contribution in [-0.4, -0.2) is 47.4 Å². The minimum atomic E-state index is -4.28. The maximum absolute atomic E-state index is 13.8. The SMILES string of the molecule is COc1ccc(S(=O)(=O)N(CC(=O)NCCSCc2ccccc2Cl)c2ccc(F)c(Cl)c2)cc1OC. The number of sulfonamides is 1. The van der Waals surface area contributed by atoms with Crippen molar-refractivity contribution < 1.29 is 27.1 Å². The molecule has 0 aromatic heterocycles. The van der Waals surface area contributed by atoms with Gasteiger partial charge in [0.25, 0.3) is 10.0 Å². The van der Waals surface area contributed by atoms with Crippen molar-refractivity contribution in [1.29, 1.82) is 0 Å². The van der Waals surface area contributed by atoms with Crippen molar-refractivity contribution in [2.24, 2.45) is 0 Å². The summed E-state index contributed by atoms with van der Waals surface area (Å²) in [5.74, 6) is 0.535. The summed E-state index contributed by atoms with van der Waals surface area (Å²) in [5, 5.41) is 3.12. The molecule has 198 valence electrons. The third kappa shape index (κ3) is 7.44. The van der Waals surface area contributed by atoms with Crippen molar-refractivity contribution >= 4 is 56.6 Å². The second kappa shape index (κ2) is 13.2. The molecule has 0 unspecified atom stereocenters. The molecule has 0 saturated carbocycles. The minimum Gasteiger partial charge on any atom is -0.493 e. The van der Waals surface area contributed by atoms with Crippen LogP contribution in [0, 0.1) is 5.82 Å². The number of methoxy groups -OCH3 is 2. The molecule has 0 bridgehead atoms. The molecule has 0 spiro atoms. The summed E-state index contributed by atoms with van der Waals surface area (Å²) in [5.41, 5.74) is 1.02. The lowest BCUT2D eigenvalue weighted by Crippen LogP contribution is -2.41. The van der Waals surface area contributed by atoms with Gasteiger partial charge in [0.05, 0.1) is 29.8 Å². The van der Waals surface area contributed by atoms with E-state index in [-0.39, 0.29) is 21.4 Å². The van der Waals surface area contributed by atoms with Crippen LogP contribution in [0.4, 0.5) is 10.1 Å². The van der Waals surface area contributed by atoms with Gasteiger partial charge in [-0.2, -0.15) is 11.8 Å². The Hall–Kier alpha value is -2.66. The molecule has 1 N–H and O–H groups in total. The highest BCUT2D eigenvalue weighted by atomic mass is 35.5. The van der Waals surface area contributed by atoms with Crippen LogP contribution in [0.15, 0.2) is 65.6 Å². The molecule has 7 nitrogen and oxygen atoms in total. The van der Waals surface area contributed by atoms with E-state index in [1.54, 1.807) is 11.8 Å². The Balaban J connectivity index is 1.75. The third-order valence-electron chi connectivity index (χ3n) is 5.21. The van der Waals surface area contributed by atoms with Crippen LogP contribution >= 0.6 is 35.0 Å². The Morgan fingerprint density at radius 3 is 2.41 bits per heavy atom. The van der Waals surface area contributed by atoms with Crippen LogP contribution in [0.1, 0.15) is 5.56 Å². The number of benzene rings is 3. The number of amides is 1. The number of nitrogens with zero attached hydrogens (tertiary/aromatic N) is 1. The predicted molar refractivity (Wildman–Crippen MR) is 146 cm³/mol. The first-order valence-corrected chi connectivity index (χ1v) is 14.3. The maximum atomic E-state index is 13.8. The summed E-state index contributed by atoms with van der Waals surface area (Å²) < 4.78 is 52.2. The van der Waals surface area contributed by atoms with Crippen molar-refractivity contribution in [2.45, 2.75) is 10.6 Å². The van der Waals surface area contributed by atoms with Gasteiger partial charge in [0.2, 0.25) is 5.91 Å². The van der Waals surface area contributed by atoms with E-state index >= 15 is 0 Å². The molecule has 1 amide bonds. The van der Waals surface area contributed by atoms with Gasteiger partial charge in [0.1, 0.15) is 12.4 Å². The van der Waals surface area contributed by atoms with E-state index in [2.05, 4.69) is 5.32 Å². The minimum absolute atomic E-state index is 0.0319. The highest BCUT2D eigenvalue weighted by molar-refractivity contribution is 7.98. The Labute approximate surface area is 229 Å². The summed E-state index contributed by atoms with van der Waals surface area (Å²) >= 11 is 13.6. The van der Waals surface area contributed by atoms with Crippen LogP contribution in [0.5, 0.6) is 11.5 Å². The van der Waals surface area contributed by atoms with Crippen molar-refractivity contribution in [2.75, 3.05) is 37.4 Å². The first-order chi connectivity index (χ1) is 17.7. The molecule has 0 heterocycles. The van der Waals surface area contributed by atoms with Gasteiger partial charge >= 0.3 is 0 Å². The van der Waals surface area contributed by atoms with Crippen LogP contribution in [0.25, 0.3) is 0 Å². The third-order valence-corrected chi connectivity index (χ3v) is 8.64. The van der Waals surface area contributed by atoms with Gasteiger partial charge in [-0.3, -0.25) is 9.10 Å². The average Bonchev–Trinajstić information content (AvgIpc) is 2.89. The number of carbonyl (C=O) groups is 1. The molecule has 0 atom stereocenters. The number of hydrogen-bond acceptors (Lipinski definition) is 6. The summed E-state index contributed by atoms with van der Waals surface area (Å²) in [4.78, 5) is 12.6. The first-order valence-electron chi connectivity index (χ1n) is 10.9. The van der Waals surface area contributed by atoms with E-state index in [0.29, 0.717) is 28.8 Å². The van der Waals surface area contributed by atoms with E-state index in [1.807, 2.05) is 24.3 Å². The lowest BCUT2D eigenvalue weighted by molar-refractivity contribution is -0.119. The fourth-order valence-electron chi connectivity index (χ4n) is 3.31. The second-order valence-electron chi connectivity index (χ2n) is 7.62. The number of nitrogens with one attached hydrogen (secondary N) is 1. The summed E-state index contributed by atoms with van der Waals surface area (Å²) in [6.07, 6.45) is 0. The van der Waals surface area contributed by atoms with Crippen LogP contribution in [-0.2, 0) is 20.6 Å². The number of carbonyl (C=O) groups excluding carboxylic acids is 1. The molecule has 0 aliphatic carbocycles. The Morgan fingerprint density at radius 2 is 1.73 bits per heavy atom. The molecule has 3 rings (SSSR count). The molecule has 3 aromatic rings.